The standard InChI is InChI=1S/C14H17N3O3S/c1-7(2)14(20)4-17(5-14)13(19)10-8(3)9-11(18)15-6-16-12(9)21-10/h6-7,20H,4-5H2,1-3H3,(H,15,16,18). The molecule has 2 N–H and O–H groups in total. The largest absolute Gasteiger partial charge is 0.386 e. The lowest BCUT2D eigenvalue weighted by molar-refractivity contribution is -0.110. The third-order valence-electron chi connectivity index (χ3n) is 4.22. The van der Waals surface area contributed by atoms with E-state index in [4.69, 9.17) is 0 Å². The van der Waals surface area contributed by atoms with Crippen LogP contribution in [0.5, 0.6) is 0 Å². The van der Waals surface area contributed by atoms with Gasteiger partial charge in [0.1, 0.15) is 10.4 Å². The maximum Gasteiger partial charge on any atom is 0.264 e. The normalized spacial score (nSPS) is 17.3. The number of aromatic amines is 1. The Morgan fingerprint density at radius 1 is 1.52 bits per heavy atom. The molecule has 21 heavy (non-hydrogen) atoms. The molecule has 1 saturated heterocycles. The number of β-amino-alcohol motifs (C(OH)–C–C–N with tert-alkyl or cyclic N) is 1. The highest BCUT2D eigenvalue weighted by Gasteiger charge is 2.46. The molecule has 3 heterocycles. The first-order chi connectivity index (χ1) is 9.83. The Morgan fingerprint density at radius 2 is 2.19 bits per heavy atom. The summed E-state index contributed by atoms with van der Waals surface area (Å²) in [4.78, 5) is 33.7. The molecule has 0 saturated carbocycles. The minimum atomic E-state index is -0.796. The summed E-state index contributed by atoms with van der Waals surface area (Å²) in [7, 11) is 0. The Kier molecular flexibility index (Phi) is 3.14. The fourth-order valence-electron chi connectivity index (χ4n) is 2.55. The summed E-state index contributed by atoms with van der Waals surface area (Å²) in [5.41, 5.74) is -0.361. The SMILES string of the molecule is Cc1c(C(=O)N2CC(O)(C(C)C)C2)sc2nc[nH]c(=O)c12. The monoisotopic (exact) mass is 307 g/mol. The Hall–Kier alpha value is -1.73. The summed E-state index contributed by atoms with van der Waals surface area (Å²) < 4.78 is 0. The molecule has 1 fully saturated rings. The lowest BCUT2D eigenvalue weighted by atomic mass is 9.83. The topological polar surface area (TPSA) is 86.3 Å². The number of hydrogen-bond donors (Lipinski definition) is 2. The predicted molar refractivity (Wildman–Crippen MR) is 80.7 cm³/mol. The van der Waals surface area contributed by atoms with Crippen molar-refractivity contribution in [3.05, 3.63) is 27.1 Å². The number of aryl methyl sites for hydroxylation is 1. The van der Waals surface area contributed by atoms with Gasteiger partial charge in [-0.3, -0.25) is 9.59 Å². The number of carbonyl (C=O) groups is 1. The lowest BCUT2D eigenvalue weighted by Gasteiger charge is -2.48. The molecule has 112 valence electrons. The highest BCUT2D eigenvalue weighted by Crippen LogP contribution is 2.33. The van der Waals surface area contributed by atoms with Crippen LogP contribution in [0, 0.1) is 12.8 Å². The molecule has 0 aliphatic carbocycles. The van der Waals surface area contributed by atoms with Crippen LogP contribution >= 0.6 is 11.3 Å². The Balaban J connectivity index is 1.92. The number of nitrogens with zero attached hydrogens (tertiary/aromatic N) is 2. The maximum atomic E-state index is 12.5. The number of thiophene rings is 1. The van der Waals surface area contributed by atoms with E-state index in [2.05, 4.69) is 9.97 Å². The van der Waals surface area contributed by atoms with Crippen molar-refractivity contribution in [2.75, 3.05) is 13.1 Å². The molecule has 0 bridgehead atoms. The minimum absolute atomic E-state index is 0.106. The number of fused-ring (bicyclic) bond motifs is 1. The summed E-state index contributed by atoms with van der Waals surface area (Å²) in [5, 5.41) is 10.7. The van der Waals surface area contributed by atoms with Crippen LogP contribution in [0.25, 0.3) is 10.2 Å². The van der Waals surface area contributed by atoms with Gasteiger partial charge in [-0.2, -0.15) is 0 Å². The molecule has 0 unspecified atom stereocenters. The fourth-order valence-corrected chi connectivity index (χ4v) is 3.67. The van der Waals surface area contributed by atoms with E-state index in [1.165, 1.54) is 17.7 Å². The zero-order chi connectivity index (χ0) is 15.4. The summed E-state index contributed by atoms with van der Waals surface area (Å²) in [6.45, 7) is 6.31. The second kappa shape index (κ2) is 4.64. The van der Waals surface area contributed by atoms with Crippen molar-refractivity contribution in [3.63, 3.8) is 0 Å². The number of aromatic nitrogens is 2. The van der Waals surface area contributed by atoms with Gasteiger partial charge in [-0.25, -0.2) is 4.98 Å². The number of aliphatic hydroxyl groups is 1. The van der Waals surface area contributed by atoms with Crippen molar-refractivity contribution >= 4 is 27.5 Å². The van der Waals surface area contributed by atoms with Gasteiger partial charge >= 0.3 is 0 Å². The molecule has 3 rings (SSSR count). The third kappa shape index (κ3) is 2.08. The number of amides is 1. The summed E-state index contributed by atoms with van der Waals surface area (Å²) in [6, 6.07) is 0. The van der Waals surface area contributed by atoms with E-state index in [-0.39, 0.29) is 17.4 Å². The van der Waals surface area contributed by atoms with Gasteiger partial charge in [0.2, 0.25) is 0 Å². The molecular weight excluding hydrogens is 290 g/mol. The average Bonchev–Trinajstić information content (AvgIpc) is 2.73. The van der Waals surface area contributed by atoms with Crippen LogP contribution in [0.15, 0.2) is 11.1 Å². The van der Waals surface area contributed by atoms with E-state index in [0.717, 1.165) is 0 Å². The molecule has 6 nitrogen and oxygen atoms in total. The van der Waals surface area contributed by atoms with E-state index >= 15 is 0 Å². The fraction of sp³-hybridized carbons (Fsp3) is 0.500. The van der Waals surface area contributed by atoms with Gasteiger partial charge in [0.05, 0.1) is 29.7 Å². The molecular formula is C14H17N3O3S. The van der Waals surface area contributed by atoms with Crippen molar-refractivity contribution in [2.24, 2.45) is 5.92 Å². The van der Waals surface area contributed by atoms with Crippen LogP contribution < -0.4 is 5.56 Å². The average molecular weight is 307 g/mol. The van der Waals surface area contributed by atoms with Crippen LogP contribution in [0.4, 0.5) is 0 Å². The van der Waals surface area contributed by atoms with Crippen molar-refractivity contribution < 1.29 is 9.90 Å². The number of H-pyrrole nitrogens is 1. The van der Waals surface area contributed by atoms with Gasteiger partial charge in [0, 0.05) is 0 Å². The smallest absolute Gasteiger partial charge is 0.264 e. The number of likely N-dealkylation sites (tertiary alicyclic amines) is 1. The maximum absolute atomic E-state index is 12.5. The zero-order valence-corrected chi connectivity index (χ0v) is 13.0. The van der Waals surface area contributed by atoms with Gasteiger partial charge < -0.3 is 15.0 Å². The lowest BCUT2D eigenvalue weighted by Crippen LogP contribution is -2.65. The molecule has 0 radical (unpaired) electrons. The Bertz CT molecular complexity index is 771. The van der Waals surface area contributed by atoms with Crippen molar-refractivity contribution in [3.8, 4) is 0 Å². The number of hydrogen-bond acceptors (Lipinski definition) is 5. The van der Waals surface area contributed by atoms with Crippen LogP contribution in [0.2, 0.25) is 0 Å². The van der Waals surface area contributed by atoms with Crippen LogP contribution in [0.3, 0.4) is 0 Å². The van der Waals surface area contributed by atoms with E-state index in [1.54, 1.807) is 11.8 Å². The summed E-state index contributed by atoms with van der Waals surface area (Å²) in [5.74, 6) is -0.0326. The Labute approximate surface area is 125 Å². The zero-order valence-electron chi connectivity index (χ0n) is 12.1. The first kappa shape index (κ1) is 14.2. The summed E-state index contributed by atoms with van der Waals surface area (Å²) in [6.07, 6.45) is 1.34. The molecule has 7 heteroatoms. The minimum Gasteiger partial charge on any atom is -0.386 e. The summed E-state index contributed by atoms with van der Waals surface area (Å²) >= 11 is 1.23. The highest BCUT2D eigenvalue weighted by molar-refractivity contribution is 7.20. The van der Waals surface area contributed by atoms with E-state index < -0.39 is 5.60 Å². The molecule has 0 atom stereocenters. The molecule has 2 aromatic heterocycles. The molecule has 1 aliphatic rings. The second-order valence-electron chi connectivity index (χ2n) is 5.89. The van der Waals surface area contributed by atoms with Crippen molar-refractivity contribution in [1.29, 1.82) is 0 Å². The highest BCUT2D eigenvalue weighted by atomic mass is 32.1. The van der Waals surface area contributed by atoms with Gasteiger partial charge in [-0.05, 0) is 18.4 Å². The number of carbonyl (C=O) groups excluding carboxylic acids is 1. The van der Waals surface area contributed by atoms with E-state index in [9.17, 15) is 14.7 Å². The number of nitrogens with one attached hydrogen (secondary N) is 1. The quantitative estimate of drug-likeness (QED) is 0.871. The van der Waals surface area contributed by atoms with Gasteiger partial charge in [-0.15, -0.1) is 11.3 Å². The van der Waals surface area contributed by atoms with Crippen LogP contribution in [0.1, 0.15) is 29.1 Å². The van der Waals surface area contributed by atoms with Gasteiger partial charge in [0.15, 0.2) is 0 Å². The number of rotatable bonds is 2. The first-order valence-corrected chi connectivity index (χ1v) is 7.63. The first-order valence-electron chi connectivity index (χ1n) is 6.82. The van der Waals surface area contributed by atoms with Crippen LogP contribution in [-0.2, 0) is 0 Å². The van der Waals surface area contributed by atoms with Crippen LogP contribution in [-0.4, -0.2) is 44.6 Å². The molecule has 0 aromatic carbocycles. The molecule has 1 amide bonds. The Morgan fingerprint density at radius 3 is 2.76 bits per heavy atom. The third-order valence-corrected chi connectivity index (χ3v) is 5.41. The molecule has 2 aromatic rings. The van der Waals surface area contributed by atoms with E-state index in [1.807, 2.05) is 13.8 Å². The molecule has 0 spiro atoms. The van der Waals surface area contributed by atoms with Gasteiger partial charge in [-0.1, -0.05) is 13.8 Å². The van der Waals surface area contributed by atoms with Gasteiger partial charge in [0.25, 0.3) is 11.5 Å². The predicted octanol–water partition coefficient (Wildman–Crippen LogP) is 1.14. The van der Waals surface area contributed by atoms with E-state index in [0.29, 0.717) is 33.7 Å². The van der Waals surface area contributed by atoms with Crippen molar-refractivity contribution in [2.45, 2.75) is 26.4 Å². The molecule has 1 aliphatic heterocycles. The second-order valence-corrected chi connectivity index (χ2v) is 6.89. The van der Waals surface area contributed by atoms with Crippen molar-refractivity contribution in [1.82, 2.24) is 14.9 Å².